The van der Waals surface area contributed by atoms with Gasteiger partial charge >= 0.3 is 0 Å². The van der Waals surface area contributed by atoms with E-state index in [-0.39, 0.29) is 17.3 Å². The standard InChI is InChI=1S/C10H12O4/c1-6(11)7-4-10(14-3)8(12)5-9(7)13-2/h4-5,12H,1-3H3. The Kier molecular flexibility index (Phi) is 2.96. The van der Waals surface area contributed by atoms with Crippen LogP contribution in [-0.4, -0.2) is 25.1 Å². The van der Waals surface area contributed by atoms with Gasteiger partial charge < -0.3 is 14.6 Å². The summed E-state index contributed by atoms with van der Waals surface area (Å²) in [5, 5.41) is 9.41. The highest BCUT2D eigenvalue weighted by Crippen LogP contribution is 2.33. The van der Waals surface area contributed by atoms with Crippen molar-refractivity contribution in [1.29, 1.82) is 0 Å². The topological polar surface area (TPSA) is 55.8 Å². The van der Waals surface area contributed by atoms with Gasteiger partial charge in [0, 0.05) is 6.07 Å². The van der Waals surface area contributed by atoms with E-state index in [0.717, 1.165) is 0 Å². The number of benzene rings is 1. The van der Waals surface area contributed by atoms with E-state index in [9.17, 15) is 9.90 Å². The Morgan fingerprint density at radius 2 is 1.79 bits per heavy atom. The monoisotopic (exact) mass is 196 g/mol. The number of rotatable bonds is 3. The van der Waals surface area contributed by atoms with Crippen molar-refractivity contribution in [1.82, 2.24) is 0 Å². The molecule has 0 aliphatic carbocycles. The summed E-state index contributed by atoms with van der Waals surface area (Å²) in [5.41, 5.74) is 0.391. The molecule has 0 bridgehead atoms. The predicted molar refractivity (Wildman–Crippen MR) is 51.2 cm³/mol. The van der Waals surface area contributed by atoms with Crippen LogP contribution in [0.25, 0.3) is 0 Å². The van der Waals surface area contributed by atoms with Crippen LogP contribution in [0.3, 0.4) is 0 Å². The lowest BCUT2D eigenvalue weighted by Gasteiger charge is -2.09. The van der Waals surface area contributed by atoms with Crippen LogP contribution in [0.4, 0.5) is 0 Å². The van der Waals surface area contributed by atoms with Crippen LogP contribution in [0.1, 0.15) is 17.3 Å². The fourth-order valence-electron chi connectivity index (χ4n) is 1.16. The molecule has 0 aromatic heterocycles. The molecular weight excluding hydrogens is 184 g/mol. The van der Waals surface area contributed by atoms with E-state index in [2.05, 4.69) is 0 Å². The molecule has 0 saturated carbocycles. The van der Waals surface area contributed by atoms with Gasteiger partial charge in [0.1, 0.15) is 5.75 Å². The Balaban J connectivity index is 3.32. The maximum atomic E-state index is 11.2. The Hall–Kier alpha value is -1.71. The van der Waals surface area contributed by atoms with Crippen molar-refractivity contribution >= 4 is 5.78 Å². The van der Waals surface area contributed by atoms with Crippen molar-refractivity contribution in [2.24, 2.45) is 0 Å². The highest BCUT2D eigenvalue weighted by Gasteiger charge is 2.13. The quantitative estimate of drug-likeness (QED) is 0.746. The molecule has 0 aliphatic heterocycles. The second-order valence-electron chi connectivity index (χ2n) is 2.78. The molecule has 0 heterocycles. The number of phenolic OH excluding ortho intramolecular Hbond substituents is 1. The Morgan fingerprint density at radius 3 is 2.21 bits per heavy atom. The maximum Gasteiger partial charge on any atom is 0.163 e. The van der Waals surface area contributed by atoms with Crippen molar-refractivity contribution in [3.8, 4) is 17.2 Å². The van der Waals surface area contributed by atoms with E-state index in [4.69, 9.17) is 9.47 Å². The lowest BCUT2D eigenvalue weighted by atomic mass is 10.1. The van der Waals surface area contributed by atoms with Crippen molar-refractivity contribution in [2.45, 2.75) is 6.92 Å². The van der Waals surface area contributed by atoms with Crippen molar-refractivity contribution in [3.63, 3.8) is 0 Å². The van der Waals surface area contributed by atoms with Gasteiger partial charge in [-0.25, -0.2) is 0 Å². The zero-order valence-electron chi connectivity index (χ0n) is 8.33. The maximum absolute atomic E-state index is 11.2. The number of ether oxygens (including phenoxy) is 2. The minimum atomic E-state index is -0.139. The Labute approximate surface area is 82.1 Å². The third-order valence-electron chi connectivity index (χ3n) is 1.88. The van der Waals surface area contributed by atoms with Crippen molar-refractivity contribution in [2.75, 3.05) is 14.2 Å². The number of carbonyl (C=O) groups excluding carboxylic acids is 1. The minimum absolute atomic E-state index is 0.0469. The molecule has 1 aromatic rings. The van der Waals surface area contributed by atoms with Gasteiger partial charge in [0.2, 0.25) is 0 Å². The molecule has 1 rings (SSSR count). The van der Waals surface area contributed by atoms with Gasteiger partial charge in [0.15, 0.2) is 17.3 Å². The molecule has 1 aromatic carbocycles. The summed E-state index contributed by atoms with van der Waals surface area (Å²) in [5.74, 6) is 0.418. The molecule has 4 heteroatoms. The molecule has 0 aliphatic rings. The molecule has 14 heavy (non-hydrogen) atoms. The van der Waals surface area contributed by atoms with Gasteiger partial charge in [0.05, 0.1) is 19.8 Å². The van der Waals surface area contributed by atoms with E-state index in [0.29, 0.717) is 11.3 Å². The van der Waals surface area contributed by atoms with E-state index >= 15 is 0 Å². The van der Waals surface area contributed by atoms with Crippen LogP contribution in [0, 0.1) is 0 Å². The van der Waals surface area contributed by atoms with Crippen LogP contribution in [0.15, 0.2) is 12.1 Å². The molecule has 1 N–H and O–H groups in total. The van der Waals surface area contributed by atoms with Gasteiger partial charge in [-0.05, 0) is 13.0 Å². The molecule has 0 atom stereocenters. The number of ketones is 1. The van der Waals surface area contributed by atoms with Gasteiger partial charge in [-0.2, -0.15) is 0 Å². The molecule has 0 spiro atoms. The molecule has 0 saturated heterocycles. The van der Waals surface area contributed by atoms with Gasteiger partial charge in [0.25, 0.3) is 0 Å². The fraction of sp³-hybridized carbons (Fsp3) is 0.300. The summed E-state index contributed by atoms with van der Waals surface area (Å²) in [4.78, 5) is 11.2. The summed E-state index contributed by atoms with van der Waals surface area (Å²) >= 11 is 0. The second kappa shape index (κ2) is 4.00. The summed E-state index contributed by atoms with van der Waals surface area (Å²) in [7, 11) is 2.86. The molecule has 0 amide bonds. The summed E-state index contributed by atoms with van der Waals surface area (Å²) < 4.78 is 9.83. The Morgan fingerprint density at radius 1 is 1.21 bits per heavy atom. The largest absolute Gasteiger partial charge is 0.504 e. The average Bonchev–Trinajstić information content (AvgIpc) is 2.16. The molecule has 0 radical (unpaired) electrons. The van der Waals surface area contributed by atoms with E-state index < -0.39 is 0 Å². The molecule has 76 valence electrons. The number of Topliss-reactive ketones (excluding diaryl/α,β-unsaturated/α-hetero) is 1. The number of phenols is 1. The number of hydrogen-bond donors (Lipinski definition) is 1. The normalized spacial score (nSPS) is 9.64. The van der Waals surface area contributed by atoms with E-state index in [1.165, 1.54) is 33.3 Å². The SMILES string of the molecule is COc1cc(C(C)=O)c(OC)cc1O. The zero-order valence-corrected chi connectivity index (χ0v) is 8.33. The molecule has 0 fully saturated rings. The fourth-order valence-corrected chi connectivity index (χ4v) is 1.16. The van der Waals surface area contributed by atoms with E-state index in [1.807, 2.05) is 0 Å². The van der Waals surface area contributed by atoms with Crippen LogP contribution in [0.5, 0.6) is 17.2 Å². The van der Waals surface area contributed by atoms with Gasteiger partial charge in [-0.3, -0.25) is 4.79 Å². The van der Waals surface area contributed by atoms with Crippen molar-refractivity contribution < 1.29 is 19.4 Å². The molecule has 4 nitrogen and oxygen atoms in total. The van der Waals surface area contributed by atoms with Gasteiger partial charge in [-0.15, -0.1) is 0 Å². The molecule has 0 unspecified atom stereocenters. The molecular formula is C10H12O4. The summed E-state index contributed by atoms with van der Waals surface area (Å²) in [6, 6.07) is 2.81. The van der Waals surface area contributed by atoms with Crippen LogP contribution >= 0.6 is 0 Å². The zero-order chi connectivity index (χ0) is 10.7. The van der Waals surface area contributed by atoms with Gasteiger partial charge in [-0.1, -0.05) is 0 Å². The lowest BCUT2D eigenvalue weighted by Crippen LogP contribution is -1.98. The van der Waals surface area contributed by atoms with E-state index in [1.54, 1.807) is 0 Å². The smallest absolute Gasteiger partial charge is 0.163 e. The third kappa shape index (κ3) is 1.79. The van der Waals surface area contributed by atoms with Crippen molar-refractivity contribution in [3.05, 3.63) is 17.7 Å². The van der Waals surface area contributed by atoms with Crippen LogP contribution < -0.4 is 9.47 Å². The predicted octanol–water partition coefficient (Wildman–Crippen LogP) is 1.61. The lowest BCUT2D eigenvalue weighted by molar-refractivity contribution is 0.101. The first-order valence-electron chi connectivity index (χ1n) is 4.06. The average molecular weight is 196 g/mol. The highest BCUT2D eigenvalue weighted by atomic mass is 16.5. The number of methoxy groups -OCH3 is 2. The second-order valence-corrected chi connectivity index (χ2v) is 2.78. The first-order valence-corrected chi connectivity index (χ1v) is 4.06. The first kappa shape index (κ1) is 10.4. The van der Waals surface area contributed by atoms with Crippen LogP contribution in [-0.2, 0) is 0 Å². The first-order chi connectivity index (χ1) is 6.60. The Bertz CT molecular complexity index is 357. The summed E-state index contributed by atoms with van der Waals surface area (Å²) in [6.45, 7) is 1.42. The highest BCUT2D eigenvalue weighted by molar-refractivity contribution is 5.97. The number of aromatic hydroxyl groups is 1. The number of carbonyl (C=O) groups is 1. The third-order valence-corrected chi connectivity index (χ3v) is 1.88. The number of hydrogen-bond acceptors (Lipinski definition) is 4. The summed E-state index contributed by atoms with van der Waals surface area (Å²) in [6.07, 6.45) is 0. The minimum Gasteiger partial charge on any atom is -0.504 e. The van der Waals surface area contributed by atoms with Crippen LogP contribution in [0.2, 0.25) is 0 Å².